The summed E-state index contributed by atoms with van der Waals surface area (Å²) in [7, 11) is 0. The van der Waals surface area contributed by atoms with Crippen molar-refractivity contribution in [3.05, 3.63) is 58.4 Å². The number of aromatic nitrogens is 1. The summed E-state index contributed by atoms with van der Waals surface area (Å²) in [6.07, 6.45) is 0.992. The van der Waals surface area contributed by atoms with Crippen molar-refractivity contribution >= 4 is 11.9 Å². The fourth-order valence-corrected chi connectivity index (χ4v) is 1.72. The maximum absolute atomic E-state index is 12.2. The number of ether oxygens (including phenoxy) is 2. The number of benzene rings is 1. The number of carbonyl (C=O) groups excluding carboxylic acids is 2. The molecule has 2 rings (SSSR count). The second-order valence-electron chi connectivity index (χ2n) is 5.62. The van der Waals surface area contributed by atoms with Gasteiger partial charge in [-0.05, 0) is 19.4 Å². The van der Waals surface area contributed by atoms with Crippen LogP contribution in [0.1, 0.15) is 19.4 Å². The first-order chi connectivity index (χ1) is 11.3. The first-order valence-corrected chi connectivity index (χ1v) is 7.16. The van der Waals surface area contributed by atoms with Crippen LogP contribution in [0.25, 0.3) is 0 Å². The Morgan fingerprint density at radius 1 is 1.17 bits per heavy atom. The van der Waals surface area contributed by atoms with Gasteiger partial charge in [-0.25, -0.2) is 0 Å². The molecule has 0 aliphatic heterocycles. The summed E-state index contributed by atoms with van der Waals surface area (Å²) in [6, 6.07) is 9.96. The van der Waals surface area contributed by atoms with Crippen molar-refractivity contribution in [2.75, 3.05) is 0 Å². The number of pyridine rings is 1. The third-order valence-corrected chi connectivity index (χ3v) is 3.30. The zero-order valence-corrected chi connectivity index (χ0v) is 13.2. The molecule has 24 heavy (non-hydrogen) atoms. The maximum Gasteiger partial charge on any atom is 0.329 e. The molecule has 0 unspecified atom stereocenters. The smallest absolute Gasteiger partial charge is 0.329 e. The molecule has 0 fully saturated rings. The van der Waals surface area contributed by atoms with E-state index < -0.39 is 28.5 Å². The van der Waals surface area contributed by atoms with Crippen molar-refractivity contribution in [1.29, 1.82) is 0 Å². The van der Waals surface area contributed by atoms with E-state index in [1.807, 2.05) is 18.2 Å². The number of hydrogen-bond acceptors (Lipinski definition) is 6. The van der Waals surface area contributed by atoms with Crippen molar-refractivity contribution < 1.29 is 24.2 Å². The fourth-order valence-electron chi connectivity index (χ4n) is 1.72. The Morgan fingerprint density at radius 3 is 2.46 bits per heavy atom. The molecule has 0 bridgehead atoms. The predicted octanol–water partition coefficient (Wildman–Crippen LogP) is 1.76. The Kier molecular flexibility index (Phi) is 5.03. The standard InChI is InChI=1S/C17H17NO6/c1-17(2,15(21)23-10-11-6-4-3-5-7-11)16(22)24-14-8-12(19)13(20)9-18-14/h3-9,20H,10H2,1-2H3,(H,18,19). The molecule has 0 saturated heterocycles. The van der Waals surface area contributed by atoms with Crippen LogP contribution in [0.4, 0.5) is 0 Å². The molecule has 1 aromatic carbocycles. The molecule has 0 aliphatic carbocycles. The van der Waals surface area contributed by atoms with Crippen LogP contribution in [0, 0.1) is 5.41 Å². The lowest BCUT2D eigenvalue weighted by Crippen LogP contribution is -2.38. The number of esters is 2. The highest BCUT2D eigenvalue weighted by Gasteiger charge is 2.40. The summed E-state index contributed by atoms with van der Waals surface area (Å²) < 4.78 is 10.1. The summed E-state index contributed by atoms with van der Waals surface area (Å²) in [4.78, 5) is 38.1. The molecule has 0 atom stereocenters. The minimum Gasteiger partial charge on any atom is -0.503 e. The van der Waals surface area contributed by atoms with Crippen molar-refractivity contribution in [1.82, 2.24) is 4.98 Å². The monoisotopic (exact) mass is 331 g/mol. The van der Waals surface area contributed by atoms with Crippen molar-refractivity contribution in [3.8, 4) is 11.6 Å². The molecule has 0 amide bonds. The van der Waals surface area contributed by atoms with E-state index >= 15 is 0 Å². The zero-order valence-electron chi connectivity index (χ0n) is 13.2. The van der Waals surface area contributed by atoms with Gasteiger partial charge >= 0.3 is 11.9 Å². The lowest BCUT2D eigenvalue weighted by atomic mass is 9.94. The third-order valence-electron chi connectivity index (χ3n) is 3.30. The Labute approximate surface area is 137 Å². The van der Waals surface area contributed by atoms with Gasteiger partial charge in [-0.3, -0.25) is 14.4 Å². The topological polar surface area (TPSA) is 106 Å². The molecule has 7 nitrogen and oxygen atoms in total. The van der Waals surface area contributed by atoms with Gasteiger partial charge in [0.25, 0.3) is 0 Å². The van der Waals surface area contributed by atoms with Gasteiger partial charge in [-0.15, -0.1) is 0 Å². The quantitative estimate of drug-likeness (QED) is 0.639. The largest absolute Gasteiger partial charge is 0.503 e. The lowest BCUT2D eigenvalue weighted by Gasteiger charge is -2.20. The van der Waals surface area contributed by atoms with Crippen molar-refractivity contribution in [3.63, 3.8) is 0 Å². The van der Waals surface area contributed by atoms with Gasteiger partial charge < -0.3 is 19.6 Å². The van der Waals surface area contributed by atoms with Gasteiger partial charge in [0.1, 0.15) is 6.61 Å². The van der Waals surface area contributed by atoms with E-state index in [-0.39, 0.29) is 12.5 Å². The average molecular weight is 331 g/mol. The van der Waals surface area contributed by atoms with Crippen LogP contribution in [0.3, 0.4) is 0 Å². The summed E-state index contributed by atoms with van der Waals surface area (Å²) in [5.41, 5.74) is -1.48. The Balaban J connectivity index is 2.01. The van der Waals surface area contributed by atoms with E-state index in [1.165, 1.54) is 13.8 Å². The zero-order chi connectivity index (χ0) is 17.7. The summed E-state index contributed by atoms with van der Waals surface area (Å²) >= 11 is 0. The molecule has 0 aliphatic rings. The normalized spacial score (nSPS) is 10.9. The van der Waals surface area contributed by atoms with E-state index in [0.29, 0.717) is 0 Å². The number of nitrogens with one attached hydrogen (secondary N) is 1. The minimum atomic E-state index is -1.57. The molecule has 2 aromatic rings. The van der Waals surface area contributed by atoms with E-state index in [2.05, 4.69) is 4.98 Å². The Bertz CT molecular complexity index is 794. The van der Waals surface area contributed by atoms with Crippen molar-refractivity contribution in [2.45, 2.75) is 20.5 Å². The van der Waals surface area contributed by atoms with E-state index in [4.69, 9.17) is 14.6 Å². The highest BCUT2D eigenvalue weighted by molar-refractivity contribution is 5.99. The Hall–Kier alpha value is -3.09. The number of aromatic amines is 1. The van der Waals surface area contributed by atoms with Crippen LogP contribution >= 0.6 is 0 Å². The second kappa shape index (κ2) is 6.99. The molecular formula is C17H17NO6. The Morgan fingerprint density at radius 2 is 1.83 bits per heavy atom. The first-order valence-electron chi connectivity index (χ1n) is 7.16. The van der Waals surface area contributed by atoms with Crippen LogP contribution in [-0.2, 0) is 20.9 Å². The molecule has 0 saturated carbocycles. The SMILES string of the molecule is CC(C)(C(=O)OCc1ccccc1)C(=O)Oc1cc(=O)c(O)c[nH]1. The third kappa shape index (κ3) is 4.01. The summed E-state index contributed by atoms with van der Waals surface area (Å²) in [5, 5.41) is 9.15. The van der Waals surface area contributed by atoms with Gasteiger partial charge in [0.15, 0.2) is 11.2 Å². The molecule has 126 valence electrons. The lowest BCUT2D eigenvalue weighted by molar-refractivity contribution is -0.165. The average Bonchev–Trinajstić information content (AvgIpc) is 2.56. The predicted molar refractivity (Wildman–Crippen MR) is 84.4 cm³/mol. The van der Waals surface area contributed by atoms with Crippen LogP contribution in [0.15, 0.2) is 47.4 Å². The fraction of sp³-hybridized carbons (Fsp3) is 0.235. The minimum absolute atomic E-state index is 0.0342. The summed E-state index contributed by atoms with van der Waals surface area (Å²) in [6.45, 7) is 2.76. The first kappa shape index (κ1) is 17.3. The number of rotatable bonds is 5. The highest BCUT2D eigenvalue weighted by atomic mass is 16.6. The molecule has 0 spiro atoms. The number of H-pyrrole nitrogens is 1. The molecular weight excluding hydrogens is 314 g/mol. The van der Waals surface area contributed by atoms with Crippen LogP contribution < -0.4 is 10.2 Å². The van der Waals surface area contributed by atoms with E-state index in [1.54, 1.807) is 12.1 Å². The van der Waals surface area contributed by atoms with Gasteiger partial charge in [-0.2, -0.15) is 0 Å². The molecule has 7 heteroatoms. The van der Waals surface area contributed by atoms with Gasteiger partial charge in [0, 0.05) is 6.20 Å². The van der Waals surface area contributed by atoms with Crippen LogP contribution in [0.5, 0.6) is 11.6 Å². The molecule has 1 heterocycles. The van der Waals surface area contributed by atoms with E-state index in [9.17, 15) is 14.4 Å². The second-order valence-corrected chi connectivity index (χ2v) is 5.62. The number of aromatic hydroxyl groups is 1. The van der Waals surface area contributed by atoms with Crippen molar-refractivity contribution in [2.24, 2.45) is 5.41 Å². The van der Waals surface area contributed by atoms with E-state index in [0.717, 1.165) is 17.8 Å². The maximum atomic E-state index is 12.2. The molecule has 1 aromatic heterocycles. The number of carbonyl (C=O) groups is 2. The van der Waals surface area contributed by atoms with Crippen LogP contribution in [0.2, 0.25) is 0 Å². The number of hydrogen-bond donors (Lipinski definition) is 2. The van der Waals surface area contributed by atoms with Gasteiger partial charge in [0.2, 0.25) is 11.3 Å². The molecule has 2 N–H and O–H groups in total. The molecule has 0 radical (unpaired) electrons. The van der Waals surface area contributed by atoms with Gasteiger partial charge in [0.05, 0.1) is 6.07 Å². The van der Waals surface area contributed by atoms with Gasteiger partial charge in [-0.1, -0.05) is 30.3 Å². The summed E-state index contributed by atoms with van der Waals surface area (Å²) in [5.74, 6) is -2.32. The highest BCUT2D eigenvalue weighted by Crippen LogP contribution is 2.22. The van der Waals surface area contributed by atoms with Crippen LogP contribution in [-0.4, -0.2) is 22.0 Å².